The molecule has 0 unspecified atom stereocenters. The first-order chi connectivity index (χ1) is 14.2. The molecule has 1 heterocycles. The molecule has 156 valence electrons. The summed E-state index contributed by atoms with van der Waals surface area (Å²) in [5, 5.41) is 3.38. The summed E-state index contributed by atoms with van der Waals surface area (Å²) in [6.07, 6.45) is 1.45. The molecule has 0 radical (unpaired) electrons. The van der Waals surface area contributed by atoms with Crippen LogP contribution in [0.2, 0.25) is 0 Å². The highest BCUT2D eigenvalue weighted by Crippen LogP contribution is 2.28. The molecular formula is C23H31N3O3. The fraction of sp³-hybridized carbons (Fsp3) is 0.435. The van der Waals surface area contributed by atoms with Gasteiger partial charge in [-0.2, -0.15) is 0 Å². The Kier molecular flexibility index (Phi) is 7.76. The Balaban J connectivity index is 1.35. The number of rotatable bonds is 9. The Labute approximate surface area is 173 Å². The summed E-state index contributed by atoms with van der Waals surface area (Å²) in [4.78, 5) is 16.8. The van der Waals surface area contributed by atoms with Crippen molar-refractivity contribution in [1.82, 2.24) is 10.2 Å². The third-order valence-corrected chi connectivity index (χ3v) is 5.30. The van der Waals surface area contributed by atoms with Crippen LogP contribution in [-0.2, 0) is 11.2 Å². The van der Waals surface area contributed by atoms with Gasteiger partial charge in [-0.15, -0.1) is 0 Å². The monoisotopic (exact) mass is 397 g/mol. The van der Waals surface area contributed by atoms with Gasteiger partial charge in [-0.3, -0.25) is 4.79 Å². The molecule has 1 amide bonds. The highest BCUT2D eigenvalue weighted by molar-refractivity contribution is 5.76. The van der Waals surface area contributed by atoms with Crippen LogP contribution in [0.4, 0.5) is 5.69 Å². The van der Waals surface area contributed by atoms with Crippen LogP contribution in [0, 0.1) is 0 Å². The van der Waals surface area contributed by atoms with Crippen LogP contribution in [0.5, 0.6) is 11.5 Å². The third kappa shape index (κ3) is 5.87. The summed E-state index contributed by atoms with van der Waals surface area (Å²) in [6.45, 7) is 4.71. The lowest BCUT2D eigenvalue weighted by Gasteiger charge is -2.36. The summed E-state index contributed by atoms with van der Waals surface area (Å²) < 4.78 is 10.7. The molecule has 0 atom stereocenters. The number of ether oxygens (including phenoxy) is 2. The Morgan fingerprint density at radius 2 is 1.76 bits per heavy atom. The highest BCUT2D eigenvalue weighted by atomic mass is 16.5. The molecule has 6 heteroatoms. The number of hydrogen-bond acceptors (Lipinski definition) is 5. The van der Waals surface area contributed by atoms with Gasteiger partial charge in [0.05, 0.1) is 19.9 Å². The number of hydrogen-bond donors (Lipinski definition) is 1. The molecule has 2 aromatic rings. The molecule has 1 fully saturated rings. The van der Waals surface area contributed by atoms with Gasteiger partial charge in [0, 0.05) is 39.1 Å². The zero-order valence-corrected chi connectivity index (χ0v) is 17.4. The molecule has 1 aliphatic heterocycles. The van der Waals surface area contributed by atoms with Gasteiger partial charge in [0.2, 0.25) is 5.91 Å². The van der Waals surface area contributed by atoms with E-state index in [1.807, 2.05) is 41.3 Å². The highest BCUT2D eigenvalue weighted by Gasteiger charge is 2.22. The standard InChI is InChI=1S/C23H31N3O3/c1-28-20-7-5-6-19(18-20)10-12-24-13-11-23(27)26-16-14-25(15-17-26)21-8-3-4-9-22(21)29-2/h3-9,18,24H,10-17H2,1-2H3. The van der Waals surface area contributed by atoms with E-state index in [0.717, 1.165) is 56.3 Å². The molecule has 3 rings (SSSR count). The summed E-state index contributed by atoms with van der Waals surface area (Å²) >= 11 is 0. The minimum Gasteiger partial charge on any atom is -0.497 e. The van der Waals surface area contributed by atoms with Crippen molar-refractivity contribution in [2.45, 2.75) is 12.8 Å². The largest absolute Gasteiger partial charge is 0.497 e. The van der Waals surface area contributed by atoms with E-state index in [9.17, 15) is 4.79 Å². The molecular weight excluding hydrogens is 366 g/mol. The van der Waals surface area contributed by atoms with E-state index in [0.29, 0.717) is 13.0 Å². The minimum atomic E-state index is 0.221. The fourth-order valence-corrected chi connectivity index (χ4v) is 3.63. The van der Waals surface area contributed by atoms with Crippen LogP contribution >= 0.6 is 0 Å². The maximum atomic E-state index is 12.5. The Morgan fingerprint density at radius 1 is 0.966 bits per heavy atom. The first-order valence-corrected chi connectivity index (χ1v) is 10.2. The van der Waals surface area contributed by atoms with Crippen LogP contribution < -0.4 is 19.7 Å². The second-order valence-electron chi connectivity index (χ2n) is 7.14. The molecule has 0 saturated carbocycles. The normalized spacial score (nSPS) is 14.0. The second-order valence-corrected chi connectivity index (χ2v) is 7.14. The van der Waals surface area contributed by atoms with Crippen molar-refractivity contribution < 1.29 is 14.3 Å². The van der Waals surface area contributed by atoms with E-state index in [1.54, 1.807) is 14.2 Å². The molecule has 6 nitrogen and oxygen atoms in total. The van der Waals surface area contributed by atoms with E-state index in [-0.39, 0.29) is 5.91 Å². The molecule has 1 saturated heterocycles. The van der Waals surface area contributed by atoms with Crippen LogP contribution in [-0.4, -0.2) is 64.3 Å². The average molecular weight is 398 g/mol. The molecule has 29 heavy (non-hydrogen) atoms. The Bertz CT molecular complexity index is 788. The van der Waals surface area contributed by atoms with Crippen molar-refractivity contribution in [2.24, 2.45) is 0 Å². The maximum Gasteiger partial charge on any atom is 0.223 e. The van der Waals surface area contributed by atoms with Crippen molar-refractivity contribution in [3.05, 3.63) is 54.1 Å². The molecule has 0 aromatic heterocycles. The number of methoxy groups -OCH3 is 2. The molecule has 0 aliphatic carbocycles. The van der Waals surface area contributed by atoms with Gasteiger partial charge in [0.25, 0.3) is 0 Å². The minimum absolute atomic E-state index is 0.221. The smallest absolute Gasteiger partial charge is 0.223 e. The predicted octanol–water partition coefficient (Wildman–Crippen LogP) is 2.57. The number of nitrogens with one attached hydrogen (secondary N) is 1. The number of para-hydroxylation sites is 2. The number of carbonyl (C=O) groups excluding carboxylic acids is 1. The topological polar surface area (TPSA) is 54.0 Å². The number of nitrogens with zero attached hydrogens (tertiary/aromatic N) is 2. The molecule has 1 aliphatic rings. The lowest BCUT2D eigenvalue weighted by molar-refractivity contribution is -0.131. The Hall–Kier alpha value is -2.73. The predicted molar refractivity (Wildman–Crippen MR) is 116 cm³/mol. The summed E-state index contributed by atoms with van der Waals surface area (Å²) in [5.41, 5.74) is 2.33. The van der Waals surface area contributed by atoms with E-state index < -0.39 is 0 Å². The molecule has 0 bridgehead atoms. The second kappa shape index (κ2) is 10.7. The lowest BCUT2D eigenvalue weighted by atomic mass is 10.1. The molecule has 0 spiro atoms. The summed E-state index contributed by atoms with van der Waals surface area (Å²) in [5.74, 6) is 1.98. The van der Waals surface area contributed by atoms with Gasteiger partial charge >= 0.3 is 0 Å². The lowest BCUT2D eigenvalue weighted by Crippen LogP contribution is -2.49. The summed E-state index contributed by atoms with van der Waals surface area (Å²) in [7, 11) is 3.37. The van der Waals surface area contributed by atoms with Crippen LogP contribution in [0.25, 0.3) is 0 Å². The maximum absolute atomic E-state index is 12.5. The number of carbonyl (C=O) groups is 1. The van der Waals surface area contributed by atoms with Gasteiger partial charge in [-0.25, -0.2) is 0 Å². The molecule has 2 aromatic carbocycles. The molecule has 1 N–H and O–H groups in total. The first kappa shape index (κ1) is 21.0. The van der Waals surface area contributed by atoms with Gasteiger partial charge in [0.1, 0.15) is 11.5 Å². The first-order valence-electron chi connectivity index (χ1n) is 10.2. The van der Waals surface area contributed by atoms with Gasteiger partial charge < -0.3 is 24.6 Å². The number of piperazine rings is 1. The quantitative estimate of drug-likeness (QED) is 0.659. The van der Waals surface area contributed by atoms with E-state index in [4.69, 9.17) is 9.47 Å². The van der Waals surface area contributed by atoms with Crippen LogP contribution in [0.15, 0.2) is 48.5 Å². The fourth-order valence-electron chi connectivity index (χ4n) is 3.63. The third-order valence-electron chi connectivity index (χ3n) is 5.30. The van der Waals surface area contributed by atoms with Gasteiger partial charge in [-0.05, 0) is 42.8 Å². The zero-order chi connectivity index (χ0) is 20.5. The van der Waals surface area contributed by atoms with Gasteiger partial charge in [-0.1, -0.05) is 24.3 Å². The Morgan fingerprint density at radius 3 is 2.52 bits per heavy atom. The zero-order valence-electron chi connectivity index (χ0n) is 17.4. The summed E-state index contributed by atoms with van der Waals surface area (Å²) in [6, 6.07) is 16.1. The number of amides is 1. The van der Waals surface area contributed by atoms with Crippen molar-refractivity contribution in [1.29, 1.82) is 0 Å². The number of anilines is 1. The number of benzene rings is 2. The van der Waals surface area contributed by atoms with Crippen molar-refractivity contribution >= 4 is 11.6 Å². The van der Waals surface area contributed by atoms with Gasteiger partial charge in [0.15, 0.2) is 0 Å². The van der Waals surface area contributed by atoms with Crippen LogP contribution in [0.3, 0.4) is 0 Å². The average Bonchev–Trinajstić information content (AvgIpc) is 2.79. The van der Waals surface area contributed by atoms with Crippen molar-refractivity contribution in [3.8, 4) is 11.5 Å². The van der Waals surface area contributed by atoms with Crippen molar-refractivity contribution in [3.63, 3.8) is 0 Å². The van der Waals surface area contributed by atoms with Crippen molar-refractivity contribution in [2.75, 3.05) is 58.4 Å². The van der Waals surface area contributed by atoms with E-state index >= 15 is 0 Å². The SMILES string of the molecule is COc1cccc(CCNCCC(=O)N2CCN(c3ccccc3OC)CC2)c1. The van der Waals surface area contributed by atoms with Crippen LogP contribution in [0.1, 0.15) is 12.0 Å². The van der Waals surface area contributed by atoms with E-state index in [1.165, 1.54) is 5.56 Å². The van der Waals surface area contributed by atoms with E-state index in [2.05, 4.69) is 22.3 Å².